The van der Waals surface area contributed by atoms with E-state index in [0.29, 0.717) is 5.69 Å². The maximum atomic E-state index is 12.9. The van der Waals surface area contributed by atoms with E-state index in [-0.39, 0.29) is 34.8 Å². The number of carbonyl (C=O) groups is 1. The van der Waals surface area contributed by atoms with Crippen molar-refractivity contribution in [1.82, 2.24) is 10.3 Å². The van der Waals surface area contributed by atoms with E-state index < -0.39 is 0 Å². The zero-order chi connectivity index (χ0) is 15.0. The number of aryl methyl sites for hydroxylation is 1. The van der Waals surface area contributed by atoms with Crippen LogP contribution in [0.2, 0.25) is 0 Å². The molecule has 2 N–H and O–H groups in total. The van der Waals surface area contributed by atoms with Gasteiger partial charge in [-0.05, 0) is 43.2 Å². The molecule has 108 valence electrons. The lowest BCUT2D eigenvalue weighted by Crippen LogP contribution is -2.31. The van der Waals surface area contributed by atoms with Gasteiger partial charge in [0.1, 0.15) is 11.4 Å². The molecular formula is C16H15FN2O2. The van der Waals surface area contributed by atoms with E-state index in [1.54, 1.807) is 25.1 Å². The Hall–Kier alpha value is -2.43. The SMILES string of the molecule is Cc1ccc(C(=O)NC2CC2c2ccc(F)cc2)c(=O)[nH]1. The van der Waals surface area contributed by atoms with Gasteiger partial charge in [0.2, 0.25) is 0 Å². The molecule has 3 rings (SSSR count). The summed E-state index contributed by atoms with van der Waals surface area (Å²) in [6.45, 7) is 1.76. The minimum atomic E-state index is -0.383. The minimum absolute atomic E-state index is 0.00339. The molecule has 1 amide bonds. The second-order valence-electron chi connectivity index (χ2n) is 5.36. The highest BCUT2D eigenvalue weighted by molar-refractivity contribution is 5.94. The van der Waals surface area contributed by atoms with Gasteiger partial charge >= 0.3 is 0 Å². The van der Waals surface area contributed by atoms with Crippen molar-refractivity contribution in [1.29, 1.82) is 0 Å². The van der Waals surface area contributed by atoms with E-state index in [2.05, 4.69) is 10.3 Å². The Labute approximate surface area is 121 Å². The Morgan fingerprint density at radius 1 is 1.24 bits per heavy atom. The second kappa shape index (κ2) is 5.16. The van der Waals surface area contributed by atoms with E-state index >= 15 is 0 Å². The fourth-order valence-electron chi connectivity index (χ4n) is 2.43. The van der Waals surface area contributed by atoms with Gasteiger partial charge < -0.3 is 10.3 Å². The fraction of sp³-hybridized carbons (Fsp3) is 0.250. The molecule has 0 aliphatic heterocycles. The van der Waals surface area contributed by atoms with E-state index in [4.69, 9.17) is 0 Å². The highest BCUT2D eigenvalue weighted by Crippen LogP contribution is 2.40. The number of hydrogen-bond donors (Lipinski definition) is 2. The van der Waals surface area contributed by atoms with Gasteiger partial charge in [-0.2, -0.15) is 0 Å². The molecule has 0 bridgehead atoms. The van der Waals surface area contributed by atoms with Gasteiger partial charge in [0.05, 0.1) is 0 Å². The van der Waals surface area contributed by atoms with E-state index in [9.17, 15) is 14.0 Å². The summed E-state index contributed by atoms with van der Waals surface area (Å²) < 4.78 is 12.9. The van der Waals surface area contributed by atoms with Crippen molar-refractivity contribution in [3.8, 4) is 0 Å². The first-order chi connectivity index (χ1) is 10.0. The number of nitrogens with one attached hydrogen (secondary N) is 2. The number of aromatic amines is 1. The summed E-state index contributed by atoms with van der Waals surface area (Å²) >= 11 is 0. The molecule has 4 nitrogen and oxygen atoms in total. The zero-order valence-electron chi connectivity index (χ0n) is 11.5. The summed E-state index contributed by atoms with van der Waals surface area (Å²) in [6, 6.07) is 9.51. The number of hydrogen-bond acceptors (Lipinski definition) is 2. The summed E-state index contributed by atoms with van der Waals surface area (Å²) in [7, 11) is 0. The number of aromatic nitrogens is 1. The van der Waals surface area contributed by atoms with Crippen LogP contribution in [0.25, 0.3) is 0 Å². The van der Waals surface area contributed by atoms with Crippen LogP contribution in [0.4, 0.5) is 4.39 Å². The maximum Gasteiger partial charge on any atom is 0.260 e. The van der Waals surface area contributed by atoms with Crippen molar-refractivity contribution in [3.63, 3.8) is 0 Å². The topological polar surface area (TPSA) is 62.0 Å². The number of pyridine rings is 1. The van der Waals surface area contributed by atoms with Crippen molar-refractivity contribution in [3.05, 3.63) is 69.4 Å². The maximum absolute atomic E-state index is 12.9. The first-order valence-electron chi connectivity index (χ1n) is 6.81. The second-order valence-corrected chi connectivity index (χ2v) is 5.36. The summed E-state index contributed by atoms with van der Waals surface area (Å²) in [5.74, 6) is -0.448. The molecule has 0 spiro atoms. The van der Waals surface area contributed by atoms with Crippen molar-refractivity contribution in [2.45, 2.75) is 25.3 Å². The van der Waals surface area contributed by atoms with Crippen LogP contribution >= 0.6 is 0 Å². The van der Waals surface area contributed by atoms with Crippen LogP contribution < -0.4 is 10.9 Å². The van der Waals surface area contributed by atoms with Crippen LogP contribution in [-0.4, -0.2) is 16.9 Å². The fourth-order valence-corrected chi connectivity index (χ4v) is 2.43. The quantitative estimate of drug-likeness (QED) is 0.907. The molecule has 1 heterocycles. The summed E-state index contributed by atoms with van der Waals surface area (Å²) in [6.07, 6.45) is 0.807. The molecule has 1 aromatic heterocycles. The van der Waals surface area contributed by atoms with Gasteiger partial charge in [0, 0.05) is 17.7 Å². The lowest BCUT2D eigenvalue weighted by molar-refractivity contribution is 0.0949. The molecule has 2 aromatic rings. The molecule has 5 heteroatoms. The number of amides is 1. The number of rotatable bonds is 3. The molecule has 0 radical (unpaired) electrons. The van der Waals surface area contributed by atoms with Crippen LogP contribution in [0.1, 0.15) is 34.0 Å². The highest BCUT2D eigenvalue weighted by Gasteiger charge is 2.39. The van der Waals surface area contributed by atoms with E-state index in [1.807, 2.05) is 0 Å². The van der Waals surface area contributed by atoms with Gasteiger partial charge in [-0.3, -0.25) is 9.59 Å². The predicted octanol–water partition coefficient (Wildman–Crippen LogP) is 2.11. The van der Waals surface area contributed by atoms with E-state index in [0.717, 1.165) is 12.0 Å². The number of carbonyl (C=O) groups excluding carboxylic acids is 1. The van der Waals surface area contributed by atoms with Gasteiger partial charge in [0.15, 0.2) is 0 Å². The van der Waals surface area contributed by atoms with Crippen LogP contribution in [0.15, 0.2) is 41.2 Å². The Morgan fingerprint density at radius 2 is 1.95 bits per heavy atom. The first-order valence-corrected chi connectivity index (χ1v) is 6.81. The van der Waals surface area contributed by atoms with Crippen LogP contribution in [0.5, 0.6) is 0 Å². The average Bonchev–Trinajstić information content (AvgIpc) is 3.18. The Bertz CT molecular complexity index is 737. The highest BCUT2D eigenvalue weighted by atomic mass is 19.1. The molecule has 1 fully saturated rings. The lowest BCUT2D eigenvalue weighted by Gasteiger charge is -2.05. The van der Waals surface area contributed by atoms with Crippen molar-refractivity contribution >= 4 is 5.91 Å². The normalized spacial score (nSPS) is 20.1. The minimum Gasteiger partial charge on any atom is -0.348 e. The Kier molecular flexibility index (Phi) is 3.33. The molecule has 2 atom stereocenters. The summed E-state index contributed by atoms with van der Waals surface area (Å²) in [5.41, 5.74) is 1.45. The van der Waals surface area contributed by atoms with Gasteiger partial charge in [0.25, 0.3) is 11.5 Å². The number of benzene rings is 1. The first kappa shape index (κ1) is 13.5. The van der Waals surface area contributed by atoms with Gasteiger partial charge in [-0.25, -0.2) is 4.39 Å². The third kappa shape index (κ3) is 2.86. The van der Waals surface area contributed by atoms with Crippen LogP contribution in [0.3, 0.4) is 0 Å². The van der Waals surface area contributed by atoms with Crippen LogP contribution in [0, 0.1) is 12.7 Å². The monoisotopic (exact) mass is 286 g/mol. The van der Waals surface area contributed by atoms with Crippen molar-refractivity contribution in [2.24, 2.45) is 0 Å². The van der Waals surface area contributed by atoms with Gasteiger partial charge in [-0.15, -0.1) is 0 Å². The number of halogens is 1. The molecule has 1 aromatic carbocycles. The standard InChI is InChI=1S/C16H15FN2O2/c1-9-2-7-12(15(20)18-9)16(21)19-14-8-13(14)10-3-5-11(17)6-4-10/h2-7,13-14H,8H2,1H3,(H,18,20)(H,19,21). The molecule has 0 saturated heterocycles. The molecular weight excluding hydrogens is 271 g/mol. The van der Waals surface area contributed by atoms with Crippen molar-refractivity contribution in [2.75, 3.05) is 0 Å². The lowest BCUT2D eigenvalue weighted by atomic mass is 10.1. The summed E-state index contributed by atoms with van der Waals surface area (Å²) in [4.78, 5) is 26.4. The zero-order valence-corrected chi connectivity index (χ0v) is 11.5. The molecule has 21 heavy (non-hydrogen) atoms. The van der Waals surface area contributed by atoms with Gasteiger partial charge in [-0.1, -0.05) is 12.1 Å². The van der Waals surface area contributed by atoms with Crippen molar-refractivity contribution < 1.29 is 9.18 Å². The molecule has 1 saturated carbocycles. The third-order valence-corrected chi connectivity index (χ3v) is 3.71. The Morgan fingerprint density at radius 3 is 2.62 bits per heavy atom. The predicted molar refractivity (Wildman–Crippen MR) is 76.8 cm³/mol. The van der Waals surface area contributed by atoms with Crippen LogP contribution in [-0.2, 0) is 0 Å². The number of H-pyrrole nitrogens is 1. The smallest absolute Gasteiger partial charge is 0.260 e. The molecule has 2 unspecified atom stereocenters. The van der Waals surface area contributed by atoms with E-state index in [1.165, 1.54) is 18.2 Å². The largest absolute Gasteiger partial charge is 0.348 e. The molecule has 1 aliphatic carbocycles. The third-order valence-electron chi connectivity index (χ3n) is 3.71. The average molecular weight is 286 g/mol. The Balaban J connectivity index is 1.67. The summed E-state index contributed by atoms with van der Waals surface area (Å²) in [5, 5.41) is 2.84. The molecule has 1 aliphatic rings.